The number of aromatic nitrogens is 6. The molecule has 0 amide bonds. The molecule has 5 aromatic rings. The zero-order valence-electron chi connectivity index (χ0n) is 18.3. The smallest absolute Gasteiger partial charge is 0.391 e. The lowest BCUT2D eigenvalue weighted by Crippen LogP contribution is -2.37. The molecule has 3 heterocycles. The van der Waals surface area contributed by atoms with Crippen LogP contribution in [-0.4, -0.2) is 35.9 Å². The average Bonchev–Trinajstić information content (AvgIpc) is 3.39. The standard InChI is InChI=1S/C24H18ClF3N6O/c1-12-31-17-3-2-16(8-19(17)32-12)35-21-5-4-18-23(22(21)25)33-20(10-29-18)13-9-30-34(11-13)15-6-14(7-15)24(26,27)28/h2-5,8-11,14-15H,6-7H2,1H3,(H,31,32). The third kappa shape index (κ3) is 3.97. The number of nitrogens with zero attached hydrogens (tertiary/aromatic N) is 5. The third-order valence-corrected chi connectivity index (χ3v) is 6.63. The van der Waals surface area contributed by atoms with Crippen molar-refractivity contribution in [3.05, 3.63) is 59.8 Å². The molecule has 1 N–H and O–H groups in total. The first kappa shape index (κ1) is 21.8. The number of nitrogens with one attached hydrogen (secondary N) is 1. The summed E-state index contributed by atoms with van der Waals surface area (Å²) in [5.74, 6) is 0.551. The van der Waals surface area contributed by atoms with E-state index in [1.165, 1.54) is 0 Å². The highest BCUT2D eigenvalue weighted by atomic mass is 35.5. The first-order valence-electron chi connectivity index (χ1n) is 11.0. The number of rotatable bonds is 4. The van der Waals surface area contributed by atoms with E-state index in [1.807, 2.05) is 25.1 Å². The Morgan fingerprint density at radius 1 is 1.09 bits per heavy atom. The van der Waals surface area contributed by atoms with Crippen LogP contribution in [0.3, 0.4) is 0 Å². The van der Waals surface area contributed by atoms with Crippen LogP contribution in [0.25, 0.3) is 33.3 Å². The van der Waals surface area contributed by atoms with E-state index in [-0.39, 0.29) is 18.9 Å². The van der Waals surface area contributed by atoms with Crippen molar-refractivity contribution in [2.24, 2.45) is 5.92 Å². The van der Waals surface area contributed by atoms with Crippen LogP contribution in [0.5, 0.6) is 11.5 Å². The molecule has 7 nitrogen and oxygen atoms in total. The summed E-state index contributed by atoms with van der Waals surface area (Å²) in [7, 11) is 0. The minimum atomic E-state index is -4.16. The first-order valence-corrected chi connectivity index (χ1v) is 11.3. The van der Waals surface area contributed by atoms with Gasteiger partial charge in [-0.05, 0) is 44.0 Å². The number of aryl methyl sites for hydroxylation is 1. The Kier molecular flexibility index (Phi) is 4.96. The van der Waals surface area contributed by atoms with E-state index in [0.29, 0.717) is 38.8 Å². The molecule has 1 saturated carbocycles. The molecule has 0 atom stereocenters. The van der Waals surface area contributed by atoms with Gasteiger partial charge in [0, 0.05) is 17.8 Å². The van der Waals surface area contributed by atoms with Crippen molar-refractivity contribution in [2.75, 3.05) is 0 Å². The minimum absolute atomic E-state index is 0.0322. The number of alkyl halides is 3. The number of imidazole rings is 1. The maximum atomic E-state index is 12.8. The Hall–Kier alpha value is -3.66. The van der Waals surface area contributed by atoms with Crippen LogP contribution >= 0.6 is 11.6 Å². The number of halogens is 4. The Balaban J connectivity index is 1.27. The van der Waals surface area contributed by atoms with Crippen molar-refractivity contribution >= 4 is 33.7 Å². The molecule has 178 valence electrons. The Morgan fingerprint density at radius 3 is 2.69 bits per heavy atom. The predicted molar refractivity (Wildman–Crippen MR) is 124 cm³/mol. The van der Waals surface area contributed by atoms with Gasteiger partial charge in [0.25, 0.3) is 0 Å². The molecular formula is C24H18ClF3N6O. The Morgan fingerprint density at radius 2 is 1.89 bits per heavy atom. The van der Waals surface area contributed by atoms with E-state index in [4.69, 9.17) is 16.3 Å². The topological polar surface area (TPSA) is 81.5 Å². The molecule has 35 heavy (non-hydrogen) atoms. The van der Waals surface area contributed by atoms with Crippen molar-refractivity contribution < 1.29 is 17.9 Å². The summed E-state index contributed by atoms with van der Waals surface area (Å²) in [6.45, 7) is 1.88. The zero-order valence-corrected chi connectivity index (χ0v) is 19.1. The highest BCUT2D eigenvalue weighted by molar-refractivity contribution is 6.36. The summed E-state index contributed by atoms with van der Waals surface area (Å²) in [6, 6.07) is 8.73. The number of aromatic amines is 1. The molecule has 6 rings (SSSR count). The molecule has 1 aliphatic rings. The van der Waals surface area contributed by atoms with E-state index < -0.39 is 12.1 Å². The summed E-state index contributed by atoms with van der Waals surface area (Å²) in [4.78, 5) is 16.6. The number of hydrogen-bond acceptors (Lipinski definition) is 5. The normalized spacial score (nSPS) is 18.2. The molecule has 0 unspecified atom stereocenters. The fraction of sp³-hybridized carbons (Fsp3) is 0.250. The highest BCUT2D eigenvalue weighted by Crippen LogP contribution is 2.47. The quantitative estimate of drug-likeness (QED) is 0.300. The maximum Gasteiger partial charge on any atom is 0.391 e. The number of H-pyrrole nitrogens is 1. The summed E-state index contributed by atoms with van der Waals surface area (Å²) in [5, 5.41) is 4.55. The summed E-state index contributed by atoms with van der Waals surface area (Å²) < 4.78 is 46.0. The monoisotopic (exact) mass is 498 g/mol. The first-order chi connectivity index (χ1) is 16.7. The van der Waals surface area contributed by atoms with Crippen LogP contribution in [0.4, 0.5) is 13.2 Å². The lowest BCUT2D eigenvalue weighted by Gasteiger charge is -2.36. The number of hydrogen-bond donors (Lipinski definition) is 1. The molecule has 0 bridgehead atoms. The van der Waals surface area contributed by atoms with Gasteiger partial charge < -0.3 is 9.72 Å². The van der Waals surface area contributed by atoms with Gasteiger partial charge in [0.05, 0.1) is 46.6 Å². The fourth-order valence-electron chi connectivity index (χ4n) is 4.29. The number of benzene rings is 2. The molecule has 0 aliphatic heterocycles. The molecule has 1 aliphatic carbocycles. The number of ether oxygens (including phenoxy) is 1. The number of fused-ring (bicyclic) bond motifs is 2. The fourth-order valence-corrected chi connectivity index (χ4v) is 4.53. The van der Waals surface area contributed by atoms with Gasteiger partial charge >= 0.3 is 6.18 Å². The van der Waals surface area contributed by atoms with E-state index >= 15 is 0 Å². The van der Waals surface area contributed by atoms with Crippen molar-refractivity contribution in [3.8, 4) is 22.8 Å². The molecule has 0 radical (unpaired) electrons. The highest BCUT2D eigenvalue weighted by Gasteiger charge is 2.48. The van der Waals surface area contributed by atoms with Crippen LogP contribution in [-0.2, 0) is 0 Å². The van der Waals surface area contributed by atoms with Gasteiger partial charge in [-0.25, -0.2) is 9.97 Å². The SMILES string of the molecule is Cc1nc2ccc(Oc3ccc4ncc(-c5cnn(C6CC(C(F)(F)F)C6)c5)nc4c3Cl)cc2[nH]1. The lowest BCUT2D eigenvalue weighted by atomic mass is 9.80. The van der Waals surface area contributed by atoms with Gasteiger partial charge in [-0.2, -0.15) is 18.3 Å². The molecule has 0 spiro atoms. The van der Waals surface area contributed by atoms with Gasteiger partial charge in [-0.15, -0.1) is 0 Å². The largest absolute Gasteiger partial charge is 0.456 e. The van der Waals surface area contributed by atoms with Gasteiger partial charge in [-0.1, -0.05) is 11.6 Å². The molecular weight excluding hydrogens is 481 g/mol. The van der Waals surface area contributed by atoms with Crippen LogP contribution in [0.2, 0.25) is 5.02 Å². The van der Waals surface area contributed by atoms with Crippen LogP contribution in [0.15, 0.2) is 48.9 Å². The van der Waals surface area contributed by atoms with Gasteiger partial charge in [0.1, 0.15) is 27.9 Å². The van der Waals surface area contributed by atoms with Crippen LogP contribution in [0, 0.1) is 12.8 Å². The maximum absolute atomic E-state index is 12.8. The van der Waals surface area contributed by atoms with E-state index in [0.717, 1.165) is 16.9 Å². The van der Waals surface area contributed by atoms with Crippen molar-refractivity contribution in [3.63, 3.8) is 0 Å². The average molecular weight is 499 g/mol. The lowest BCUT2D eigenvalue weighted by molar-refractivity contribution is -0.203. The van der Waals surface area contributed by atoms with E-state index in [1.54, 1.807) is 35.4 Å². The second-order valence-corrected chi connectivity index (χ2v) is 9.05. The Labute approximate surface area is 201 Å². The van der Waals surface area contributed by atoms with Gasteiger partial charge in [0.15, 0.2) is 0 Å². The van der Waals surface area contributed by atoms with Gasteiger partial charge in [-0.3, -0.25) is 9.67 Å². The molecule has 0 saturated heterocycles. The summed E-state index contributed by atoms with van der Waals surface area (Å²) >= 11 is 6.64. The summed E-state index contributed by atoms with van der Waals surface area (Å²) in [6.07, 6.45) is 0.773. The second kappa shape index (κ2) is 7.94. The zero-order chi connectivity index (χ0) is 24.3. The molecule has 3 aromatic heterocycles. The second-order valence-electron chi connectivity index (χ2n) is 8.68. The van der Waals surface area contributed by atoms with E-state index in [2.05, 4.69) is 25.0 Å². The van der Waals surface area contributed by atoms with Crippen LogP contribution in [0.1, 0.15) is 24.7 Å². The van der Waals surface area contributed by atoms with Gasteiger partial charge in [0.2, 0.25) is 0 Å². The summed E-state index contributed by atoms with van der Waals surface area (Å²) in [5.41, 5.74) is 3.90. The van der Waals surface area contributed by atoms with Crippen molar-refractivity contribution in [1.29, 1.82) is 0 Å². The van der Waals surface area contributed by atoms with Crippen molar-refractivity contribution in [2.45, 2.75) is 32.0 Å². The Bertz CT molecular complexity index is 1570. The third-order valence-electron chi connectivity index (χ3n) is 6.26. The van der Waals surface area contributed by atoms with E-state index in [9.17, 15) is 13.2 Å². The minimum Gasteiger partial charge on any atom is -0.456 e. The van der Waals surface area contributed by atoms with Crippen molar-refractivity contribution in [1.82, 2.24) is 29.7 Å². The van der Waals surface area contributed by atoms with Crippen LogP contribution < -0.4 is 4.74 Å². The molecule has 11 heteroatoms. The predicted octanol–water partition coefficient (Wildman–Crippen LogP) is 6.64. The molecule has 2 aromatic carbocycles. The molecule has 1 fully saturated rings.